The first-order chi connectivity index (χ1) is 53.2. The predicted octanol–water partition coefficient (Wildman–Crippen LogP) is 27.5. The first-order valence-corrected chi connectivity index (χ1v) is 39.9. The number of rotatable bonds is 8. The lowest BCUT2D eigenvalue weighted by atomic mass is 9.33. The van der Waals surface area contributed by atoms with Gasteiger partial charge in [0.05, 0.1) is 33.4 Å². The summed E-state index contributed by atoms with van der Waals surface area (Å²) in [4.78, 5) is 5.53. The van der Waals surface area contributed by atoms with E-state index in [1.807, 2.05) is 0 Å². The van der Waals surface area contributed by atoms with Crippen LogP contribution in [0.5, 0.6) is 0 Å². The van der Waals surface area contributed by atoms with Crippen LogP contribution >= 0.6 is 0 Å². The number of para-hydroxylation sites is 4. The van der Waals surface area contributed by atoms with Gasteiger partial charge in [0, 0.05) is 77.9 Å². The maximum absolute atomic E-state index is 2.77. The van der Waals surface area contributed by atoms with E-state index in [-0.39, 0.29) is 33.8 Å². The van der Waals surface area contributed by atoms with E-state index in [1.54, 1.807) is 0 Å². The van der Waals surface area contributed by atoms with Crippen molar-refractivity contribution >= 4 is 133 Å². The van der Waals surface area contributed by atoms with E-state index in [0.717, 1.165) is 45.5 Å². The number of benzene rings is 16. The molecule has 4 heterocycles. The fourth-order valence-corrected chi connectivity index (χ4v) is 18.9. The first-order valence-electron chi connectivity index (χ1n) is 39.9. The second kappa shape index (κ2) is 24.3. The molecule has 0 bridgehead atoms. The van der Waals surface area contributed by atoms with Crippen LogP contribution in [0, 0.1) is 0 Å². The van der Waals surface area contributed by atoms with E-state index >= 15 is 0 Å². The van der Waals surface area contributed by atoms with Crippen LogP contribution < -0.4 is 26.2 Å². The van der Waals surface area contributed by atoms with Crippen molar-refractivity contribution in [2.24, 2.45) is 0 Å². The molecule has 0 amide bonds. The minimum Gasteiger partial charge on any atom is -0.310 e. The lowest BCUT2D eigenvalue weighted by Gasteiger charge is -2.46. The van der Waals surface area contributed by atoms with Crippen molar-refractivity contribution in [1.29, 1.82) is 0 Å². The van der Waals surface area contributed by atoms with Crippen molar-refractivity contribution < 1.29 is 0 Å². The zero-order valence-corrected chi connectivity index (χ0v) is 66.6. The van der Waals surface area contributed by atoms with Crippen LogP contribution in [0.4, 0.5) is 34.1 Å². The number of hydrogen-bond acceptors (Lipinski definition) is 2. The minimum absolute atomic E-state index is 0.114. The van der Waals surface area contributed by atoms with Crippen LogP contribution in [0.15, 0.2) is 291 Å². The summed E-state index contributed by atoms with van der Waals surface area (Å²) in [6.45, 7) is 35.1. The summed E-state index contributed by atoms with van der Waals surface area (Å²) in [5.41, 5.74) is 32.6. The summed E-state index contributed by atoms with van der Waals surface area (Å²) >= 11 is 0. The van der Waals surface area contributed by atoms with Gasteiger partial charge >= 0.3 is 0 Å². The van der Waals surface area contributed by atoms with Gasteiger partial charge in [-0.3, -0.25) is 0 Å². The molecular formula is C106H93BN4. The molecule has 111 heavy (non-hydrogen) atoms. The Morgan fingerprint density at radius 3 is 0.919 bits per heavy atom. The molecule has 0 saturated carbocycles. The summed E-state index contributed by atoms with van der Waals surface area (Å²) in [7, 11) is 0. The number of nitrogens with zero attached hydrogens (tertiary/aromatic N) is 4. The van der Waals surface area contributed by atoms with E-state index in [9.17, 15) is 0 Å². The Balaban J connectivity index is 0.968. The quantitative estimate of drug-likeness (QED) is 0.0856. The highest BCUT2D eigenvalue weighted by atomic mass is 15.2. The average Bonchev–Trinajstić information content (AvgIpc) is 1.30. The fraction of sp³-hybridized carbons (Fsp3) is 0.189. The summed E-state index contributed by atoms with van der Waals surface area (Å²) in [6, 6.07) is 114. The molecule has 0 unspecified atom stereocenters. The summed E-state index contributed by atoms with van der Waals surface area (Å²) in [6.07, 6.45) is 0. The van der Waals surface area contributed by atoms with Gasteiger partial charge in [0.1, 0.15) is 0 Å². The maximum atomic E-state index is 2.77. The molecule has 0 aliphatic carbocycles. The van der Waals surface area contributed by atoms with Gasteiger partial charge in [-0.2, -0.15) is 0 Å². The zero-order valence-electron chi connectivity index (χ0n) is 66.6. The van der Waals surface area contributed by atoms with E-state index < -0.39 is 0 Å². The van der Waals surface area contributed by atoms with E-state index in [4.69, 9.17) is 0 Å². The number of anilines is 6. The molecular weight excluding hydrogens is 1340 g/mol. The second-order valence-corrected chi connectivity index (χ2v) is 36.9. The third-order valence-corrected chi connectivity index (χ3v) is 24.7. The van der Waals surface area contributed by atoms with Crippen molar-refractivity contribution in [3.63, 3.8) is 0 Å². The van der Waals surface area contributed by atoms with Crippen molar-refractivity contribution in [3.05, 3.63) is 319 Å². The molecule has 540 valence electrons. The van der Waals surface area contributed by atoms with Gasteiger partial charge in [0.15, 0.2) is 0 Å². The zero-order chi connectivity index (χ0) is 76.3. The van der Waals surface area contributed by atoms with E-state index in [2.05, 4.69) is 414 Å². The lowest BCUT2D eigenvalue weighted by molar-refractivity contribution is 0.590. The van der Waals surface area contributed by atoms with Crippen LogP contribution in [0.25, 0.3) is 132 Å². The third kappa shape index (κ3) is 10.6. The average molecular weight is 1430 g/mol. The Labute approximate surface area is 653 Å². The Morgan fingerprint density at radius 2 is 0.559 bits per heavy atom. The molecule has 16 aromatic carbocycles. The molecule has 18 aromatic rings. The van der Waals surface area contributed by atoms with Crippen LogP contribution in [0.2, 0.25) is 0 Å². The number of fused-ring (bicyclic) bond motifs is 8. The Hall–Kier alpha value is -11.9. The van der Waals surface area contributed by atoms with Gasteiger partial charge in [-0.05, 0) is 187 Å². The molecule has 0 saturated heterocycles. The van der Waals surface area contributed by atoms with Gasteiger partial charge in [0.2, 0.25) is 0 Å². The monoisotopic (exact) mass is 1430 g/mol. The van der Waals surface area contributed by atoms with Gasteiger partial charge in [-0.25, -0.2) is 0 Å². The maximum Gasteiger partial charge on any atom is 0.252 e. The molecule has 4 nitrogen and oxygen atoms in total. The molecule has 2 aliphatic heterocycles. The smallest absolute Gasteiger partial charge is 0.252 e. The van der Waals surface area contributed by atoms with Gasteiger partial charge in [0.25, 0.3) is 6.71 Å². The van der Waals surface area contributed by atoms with Crippen LogP contribution in [-0.4, -0.2) is 15.8 Å². The molecule has 0 radical (unpaired) electrons. The predicted molar refractivity (Wildman–Crippen MR) is 479 cm³/mol. The molecule has 0 spiro atoms. The SMILES string of the molecule is CC(C)(C)c1cccc(-c2cccc(-c3cccc(C(C)(C)C)c3)c2N2c3cc(-n4c5ccccc5c5ccccc54)ccc3B3c4ccc(-n5c6ccc7cccc8c9cccc%10ccc5c(c%109)c6c78)cc4N(c4c(-c5cccc(C(C)(C)C)c5)cccc4-c4cccc(C(C)(C)C)c4)c4cc(C(C)(C)C)cc2c43)c1. The summed E-state index contributed by atoms with van der Waals surface area (Å²) < 4.78 is 5.13. The highest BCUT2D eigenvalue weighted by molar-refractivity contribution is 7.00. The molecule has 0 fully saturated rings. The molecule has 2 aromatic heterocycles. The van der Waals surface area contributed by atoms with E-state index in [1.165, 1.54) is 165 Å². The van der Waals surface area contributed by atoms with E-state index in [0.29, 0.717) is 0 Å². The molecule has 2 aliphatic rings. The normalized spacial score (nSPS) is 13.5. The molecule has 0 atom stereocenters. The number of hydrogen-bond donors (Lipinski definition) is 0. The van der Waals surface area contributed by atoms with Gasteiger partial charge in [-0.1, -0.05) is 334 Å². The van der Waals surface area contributed by atoms with Gasteiger partial charge in [-0.15, -0.1) is 0 Å². The van der Waals surface area contributed by atoms with Gasteiger partial charge < -0.3 is 18.9 Å². The van der Waals surface area contributed by atoms with Crippen molar-refractivity contribution in [2.45, 2.75) is 131 Å². The third-order valence-electron chi connectivity index (χ3n) is 24.7. The minimum atomic E-state index is -0.348. The Morgan fingerprint density at radius 1 is 0.234 bits per heavy atom. The standard InChI is InChI=1S/C106H93BN4/c1-102(2,3)70-34-20-30-66(56-70)77-40-26-41-78(67-31-21-35-71(57-67)103(4,5)6)100(77)110-91-62-75(108-87-46-18-16-38-81(87)82-39-17-19-47-88(82)108)50-52-85(91)107-86-53-51-76(109-89-54-48-64-28-24-44-83-84-45-25-29-65-49-55-90(109)98(96(65)84)97(89)95(64)83)63-92(86)111(94-61-74(106(13,14)15)60-93(110)99(94)107)101-79(68-32-22-36-72(58-68)104(7,8)9)42-27-43-80(101)69-33-23-37-73(59-69)105(10,11)12/h16-63H,1-15H3. The van der Waals surface area contributed by atoms with Crippen LogP contribution in [-0.2, 0) is 27.1 Å². The molecule has 0 N–H and O–H groups in total. The topological polar surface area (TPSA) is 16.3 Å². The number of aromatic nitrogens is 2. The highest BCUT2D eigenvalue weighted by Crippen LogP contribution is 2.56. The highest BCUT2D eigenvalue weighted by Gasteiger charge is 2.47. The Bertz CT molecular complexity index is 6570. The fourth-order valence-electron chi connectivity index (χ4n) is 18.9. The lowest BCUT2D eigenvalue weighted by Crippen LogP contribution is -2.61. The van der Waals surface area contributed by atoms with Crippen molar-refractivity contribution in [2.75, 3.05) is 9.80 Å². The second-order valence-electron chi connectivity index (χ2n) is 36.9. The van der Waals surface area contributed by atoms with Crippen molar-refractivity contribution in [3.8, 4) is 55.9 Å². The Kier molecular flexibility index (Phi) is 15.0. The summed E-state index contributed by atoms with van der Waals surface area (Å²) in [5.74, 6) is 0. The molecule has 20 rings (SSSR count). The summed E-state index contributed by atoms with van der Waals surface area (Å²) in [5, 5.41) is 12.9. The largest absolute Gasteiger partial charge is 0.310 e. The van der Waals surface area contributed by atoms with Crippen LogP contribution in [0.3, 0.4) is 0 Å². The first kappa shape index (κ1) is 68.4. The van der Waals surface area contributed by atoms with Crippen molar-refractivity contribution in [1.82, 2.24) is 9.13 Å². The molecule has 5 heteroatoms. The van der Waals surface area contributed by atoms with Crippen LogP contribution in [0.1, 0.15) is 132 Å².